The molecule has 0 unspecified atom stereocenters. The second-order valence-corrected chi connectivity index (χ2v) is 6.86. The largest absolute Gasteiger partial charge is 0.495 e. The number of hydrogen-bond donors (Lipinski definition) is 2. The summed E-state index contributed by atoms with van der Waals surface area (Å²) >= 11 is 0. The van der Waals surface area contributed by atoms with Gasteiger partial charge in [0.05, 0.1) is 18.4 Å². The van der Waals surface area contributed by atoms with Gasteiger partial charge >= 0.3 is 0 Å². The van der Waals surface area contributed by atoms with Gasteiger partial charge in [-0.2, -0.15) is 4.98 Å². The molecule has 0 fully saturated rings. The molecule has 8 heteroatoms. The third kappa shape index (κ3) is 4.07. The Morgan fingerprint density at radius 3 is 2.87 bits per heavy atom. The van der Waals surface area contributed by atoms with Gasteiger partial charge in [-0.05, 0) is 42.6 Å². The summed E-state index contributed by atoms with van der Waals surface area (Å²) in [6.45, 7) is 1.98. The average molecular weight is 404 g/mol. The number of amides is 1. The lowest BCUT2D eigenvalue weighted by atomic mass is 10.1. The van der Waals surface area contributed by atoms with E-state index in [4.69, 9.17) is 9.26 Å². The number of nitrogens with one attached hydrogen (secondary N) is 2. The molecule has 152 valence electrons. The first-order valence-electron chi connectivity index (χ1n) is 9.43. The number of carbonyl (C=O) groups excluding carboxylic acids is 1. The molecular weight excluding hydrogens is 384 g/mol. The molecule has 30 heavy (non-hydrogen) atoms. The highest BCUT2D eigenvalue weighted by Gasteiger charge is 2.15. The highest BCUT2D eigenvalue weighted by atomic mass is 16.5. The van der Waals surface area contributed by atoms with Gasteiger partial charge in [0.2, 0.25) is 17.6 Å². The highest BCUT2D eigenvalue weighted by Crippen LogP contribution is 2.23. The molecule has 1 amide bonds. The molecule has 0 atom stereocenters. The Balaban J connectivity index is 1.47. The molecule has 0 saturated carbocycles. The smallest absolute Gasteiger partial charge is 0.259 e. The van der Waals surface area contributed by atoms with Crippen LogP contribution < -0.4 is 15.6 Å². The first-order chi connectivity index (χ1) is 14.5. The van der Waals surface area contributed by atoms with Crippen LogP contribution in [-0.2, 0) is 11.2 Å². The van der Waals surface area contributed by atoms with Gasteiger partial charge in [0.1, 0.15) is 5.75 Å². The van der Waals surface area contributed by atoms with E-state index in [0.29, 0.717) is 17.0 Å². The number of methoxy groups -OCH3 is 1. The Labute approximate surface area is 171 Å². The van der Waals surface area contributed by atoms with Crippen LogP contribution in [0, 0.1) is 6.92 Å². The van der Waals surface area contributed by atoms with Gasteiger partial charge in [-0.1, -0.05) is 28.9 Å². The maximum absolute atomic E-state index is 12.4. The number of nitrogens with zero attached hydrogens (tertiary/aromatic N) is 2. The molecule has 4 rings (SSSR count). The number of ether oxygens (including phenoxy) is 1. The van der Waals surface area contributed by atoms with Gasteiger partial charge in [-0.15, -0.1) is 0 Å². The first kappa shape index (κ1) is 19.4. The van der Waals surface area contributed by atoms with E-state index in [2.05, 4.69) is 20.4 Å². The predicted octanol–water partition coefficient (Wildman–Crippen LogP) is 3.47. The van der Waals surface area contributed by atoms with Crippen LogP contribution in [0.2, 0.25) is 0 Å². The fraction of sp³-hybridized carbons (Fsp3) is 0.182. The van der Waals surface area contributed by atoms with E-state index in [9.17, 15) is 9.59 Å². The van der Waals surface area contributed by atoms with Crippen LogP contribution in [0.5, 0.6) is 5.75 Å². The second kappa shape index (κ2) is 8.20. The van der Waals surface area contributed by atoms with E-state index < -0.39 is 0 Å². The quantitative estimate of drug-likeness (QED) is 0.509. The van der Waals surface area contributed by atoms with Crippen LogP contribution in [0.1, 0.15) is 17.9 Å². The van der Waals surface area contributed by atoms with E-state index in [-0.39, 0.29) is 36.0 Å². The second-order valence-electron chi connectivity index (χ2n) is 6.86. The summed E-state index contributed by atoms with van der Waals surface area (Å²) in [5.74, 6) is 0.846. The summed E-state index contributed by atoms with van der Waals surface area (Å²) in [7, 11) is 1.54. The molecule has 0 aliphatic carbocycles. The molecule has 4 aromatic rings. The lowest BCUT2D eigenvalue weighted by Crippen LogP contribution is -2.13. The van der Waals surface area contributed by atoms with Crippen LogP contribution in [-0.4, -0.2) is 28.1 Å². The number of fused-ring (bicyclic) bond motifs is 1. The Kier molecular flexibility index (Phi) is 5.30. The van der Waals surface area contributed by atoms with Crippen molar-refractivity contribution in [2.75, 3.05) is 12.4 Å². The van der Waals surface area contributed by atoms with Crippen molar-refractivity contribution in [1.82, 2.24) is 15.1 Å². The molecule has 2 aromatic heterocycles. The van der Waals surface area contributed by atoms with Crippen LogP contribution in [0.4, 0.5) is 5.69 Å². The number of para-hydroxylation sites is 2. The zero-order chi connectivity index (χ0) is 21.1. The fourth-order valence-corrected chi connectivity index (χ4v) is 3.14. The van der Waals surface area contributed by atoms with E-state index in [1.54, 1.807) is 25.3 Å². The van der Waals surface area contributed by atoms with Crippen molar-refractivity contribution in [3.63, 3.8) is 0 Å². The van der Waals surface area contributed by atoms with E-state index >= 15 is 0 Å². The minimum Gasteiger partial charge on any atom is -0.495 e. The Bertz CT molecular complexity index is 1280. The number of H-pyrrole nitrogens is 1. The molecule has 8 nitrogen and oxygen atoms in total. The van der Waals surface area contributed by atoms with Crippen molar-refractivity contribution in [2.45, 2.75) is 19.8 Å². The van der Waals surface area contributed by atoms with Crippen molar-refractivity contribution < 1.29 is 14.1 Å². The number of benzene rings is 2. The molecule has 0 bridgehead atoms. The Hall–Kier alpha value is -3.94. The monoisotopic (exact) mass is 404 g/mol. The lowest BCUT2D eigenvalue weighted by molar-refractivity contribution is -0.116. The molecule has 2 N–H and O–H groups in total. The van der Waals surface area contributed by atoms with Crippen molar-refractivity contribution >= 4 is 22.5 Å². The van der Waals surface area contributed by atoms with Crippen molar-refractivity contribution in [2.24, 2.45) is 0 Å². The number of pyridine rings is 1. The molecule has 0 radical (unpaired) electrons. The van der Waals surface area contributed by atoms with Crippen molar-refractivity contribution in [3.8, 4) is 17.1 Å². The molecule has 0 aliphatic rings. The topological polar surface area (TPSA) is 110 Å². The van der Waals surface area contributed by atoms with Crippen LogP contribution in [0.3, 0.4) is 0 Å². The SMILES string of the molecule is COc1ccccc1NC(=O)CCc1nc(-c2cc3cc(C)ccc3[nH]c2=O)no1. The van der Waals surface area contributed by atoms with Crippen molar-refractivity contribution in [3.05, 3.63) is 70.3 Å². The summed E-state index contributed by atoms with van der Waals surface area (Å²) in [6, 6.07) is 14.7. The minimum atomic E-state index is -0.299. The maximum atomic E-state index is 12.4. The number of anilines is 1. The molecule has 0 saturated heterocycles. The highest BCUT2D eigenvalue weighted by molar-refractivity contribution is 5.92. The fourth-order valence-electron chi connectivity index (χ4n) is 3.14. The van der Waals surface area contributed by atoms with Gasteiger partial charge in [0.15, 0.2) is 0 Å². The average Bonchev–Trinajstić information content (AvgIpc) is 3.21. The lowest BCUT2D eigenvalue weighted by Gasteiger charge is -2.08. The third-order valence-electron chi connectivity index (χ3n) is 4.66. The number of aromatic amines is 1. The zero-order valence-corrected chi connectivity index (χ0v) is 16.6. The zero-order valence-electron chi connectivity index (χ0n) is 16.6. The standard InChI is InChI=1S/C22H20N4O4/c1-13-7-8-16-14(11-13)12-15(22(28)24-16)21-25-20(30-26-21)10-9-19(27)23-17-5-3-4-6-18(17)29-2/h3-8,11-12H,9-10H2,1-2H3,(H,23,27)(H,24,28). The van der Waals surface area contributed by atoms with E-state index in [0.717, 1.165) is 16.5 Å². The number of aryl methyl sites for hydroxylation is 2. The summed E-state index contributed by atoms with van der Waals surface area (Å²) in [6.07, 6.45) is 0.394. The summed E-state index contributed by atoms with van der Waals surface area (Å²) in [5, 5.41) is 7.59. The molecule has 2 aromatic carbocycles. The molecular formula is C22H20N4O4. The van der Waals surface area contributed by atoms with Gasteiger partial charge in [-0.3, -0.25) is 9.59 Å². The summed E-state index contributed by atoms with van der Waals surface area (Å²) in [5.41, 5.74) is 2.44. The molecule has 0 aliphatic heterocycles. The van der Waals surface area contributed by atoms with Crippen molar-refractivity contribution in [1.29, 1.82) is 0 Å². The maximum Gasteiger partial charge on any atom is 0.259 e. The minimum absolute atomic E-state index is 0.146. The molecule has 2 heterocycles. The number of carbonyl (C=O) groups is 1. The van der Waals surface area contributed by atoms with Crippen LogP contribution in [0.25, 0.3) is 22.3 Å². The Morgan fingerprint density at radius 2 is 2.03 bits per heavy atom. The molecule has 0 spiro atoms. The normalized spacial score (nSPS) is 10.9. The summed E-state index contributed by atoms with van der Waals surface area (Å²) in [4.78, 5) is 31.8. The third-order valence-corrected chi connectivity index (χ3v) is 4.66. The van der Waals surface area contributed by atoms with E-state index in [1.807, 2.05) is 37.3 Å². The van der Waals surface area contributed by atoms with Gasteiger partial charge in [0.25, 0.3) is 5.56 Å². The first-order valence-corrected chi connectivity index (χ1v) is 9.43. The van der Waals surface area contributed by atoms with Crippen LogP contribution >= 0.6 is 0 Å². The van der Waals surface area contributed by atoms with Crippen LogP contribution in [0.15, 0.2) is 57.8 Å². The Morgan fingerprint density at radius 1 is 1.20 bits per heavy atom. The van der Waals surface area contributed by atoms with Gasteiger partial charge in [0, 0.05) is 18.4 Å². The van der Waals surface area contributed by atoms with Gasteiger partial charge < -0.3 is 19.6 Å². The number of hydrogen-bond acceptors (Lipinski definition) is 6. The van der Waals surface area contributed by atoms with Gasteiger partial charge in [-0.25, -0.2) is 0 Å². The predicted molar refractivity (Wildman–Crippen MR) is 113 cm³/mol. The van der Waals surface area contributed by atoms with E-state index in [1.165, 1.54) is 0 Å². The number of rotatable bonds is 6. The number of aromatic nitrogens is 3. The summed E-state index contributed by atoms with van der Waals surface area (Å²) < 4.78 is 10.5.